The summed E-state index contributed by atoms with van der Waals surface area (Å²) in [5.41, 5.74) is 1.31. The van der Waals surface area contributed by atoms with Gasteiger partial charge in [0.15, 0.2) is 0 Å². The molecule has 1 unspecified atom stereocenters. The van der Waals surface area contributed by atoms with Crippen LogP contribution in [0.15, 0.2) is 24.3 Å². The molecule has 25 heavy (non-hydrogen) atoms. The van der Waals surface area contributed by atoms with Crippen molar-refractivity contribution in [2.75, 3.05) is 19.8 Å². The van der Waals surface area contributed by atoms with Gasteiger partial charge in [-0.3, -0.25) is 0 Å². The predicted octanol–water partition coefficient (Wildman–Crippen LogP) is 3.44. The van der Waals surface area contributed by atoms with Crippen LogP contribution in [0.5, 0.6) is 5.75 Å². The monoisotopic (exact) mass is 344 g/mol. The molecule has 2 amide bonds. The number of phenolic OH excluding ortho intramolecular Hbond substituents is 1. The molecule has 0 radical (unpaired) electrons. The van der Waals surface area contributed by atoms with Crippen LogP contribution in [0.3, 0.4) is 0 Å². The first-order valence-corrected chi connectivity index (χ1v) is 9.53. The van der Waals surface area contributed by atoms with Gasteiger partial charge in [-0.25, -0.2) is 4.79 Å². The summed E-state index contributed by atoms with van der Waals surface area (Å²) in [5, 5.41) is 12.8. The van der Waals surface area contributed by atoms with Crippen molar-refractivity contribution in [1.29, 1.82) is 0 Å². The molecule has 1 spiro atoms. The molecule has 5 heteroatoms. The van der Waals surface area contributed by atoms with Crippen LogP contribution in [0.25, 0.3) is 0 Å². The Balaban J connectivity index is 1.44. The van der Waals surface area contributed by atoms with E-state index in [1.807, 2.05) is 19.1 Å². The first-order chi connectivity index (χ1) is 12.1. The van der Waals surface area contributed by atoms with Crippen LogP contribution in [0, 0.1) is 11.3 Å². The van der Waals surface area contributed by atoms with E-state index in [0.717, 1.165) is 38.2 Å². The third-order valence-electron chi connectivity index (χ3n) is 6.48. The number of hydrogen-bond acceptors (Lipinski definition) is 3. The topological polar surface area (TPSA) is 61.8 Å². The minimum absolute atomic E-state index is 0.0323. The Morgan fingerprint density at radius 1 is 1.36 bits per heavy atom. The van der Waals surface area contributed by atoms with E-state index >= 15 is 0 Å². The number of phenols is 1. The highest BCUT2D eigenvalue weighted by Gasteiger charge is 2.59. The van der Waals surface area contributed by atoms with Crippen LogP contribution in [-0.2, 0) is 4.74 Å². The van der Waals surface area contributed by atoms with Gasteiger partial charge in [0, 0.05) is 31.2 Å². The molecule has 2 N–H and O–H groups in total. The molecule has 2 atom stereocenters. The van der Waals surface area contributed by atoms with Gasteiger partial charge in [-0.1, -0.05) is 18.6 Å². The third-order valence-corrected chi connectivity index (χ3v) is 6.48. The molecule has 1 aromatic carbocycles. The maximum Gasteiger partial charge on any atom is 0.318 e. The molecule has 5 nitrogen and oxygen atoms in total. The maximum absolute atomic E-state index is 12.9. The van der Waals surface area contributed by atoms with E-state index in [1.54, 1.807) is 12.1 Å². The lowest BCUT2D eigenvalue weighted by atomic mass is 9.54. The van der Waals surface area contributed by atoms with Crippen LogP contribution in [0.1, 0.15) is 50.6 Å². The predicted molar refractivity (Wildman–Crippen MR) is 95.4 cm³/mol. The fourth-order valence-corrected chi connectivity index (χ4v) is 4.96. The summed E-state index contributed by atoms with van der Waals surface area (Å²) in [6.45, 7) is 4.52. The molecule has 0 aromatic heterocycles. The summed E-state index contributed by atoms with van der Waals surface area (Å²) in [6, 6.07) is 7.40. The molecule has 3 fully saturated rings. The second-order valence-corrected chi connectivity index (χ2v) is 8.00. The van der Waals surface area contributed by atoms with Crippen molar-refractivity contribution in [3.63, 3.8) is 0 Å². The minimum atomic E-state index is -0.118. The first kappa shape index (κ1) is 16.7. The van der Waals surface area contributed by atoms with E-state index in [4.69, 9.17) is 4.74 Å². The summed E-state index contributed by atoms with van der Waals surface area (Å²) in [6.07, 6.45) is 5.97. The van der Waals surface area contributed by atoms with Crippen molar-refractivity contribution in [2.24, 2.45) is 11.3 Å². The van der Waals surface area contributed by atoms with Gasteiger partial charge in [-0.2, -0.15) is 0 Å². The van der Waals surface area contributed by atoms with Gasteiger partial charge in [0.1, 0.15) is 5.75 Å². The fraction of sp³-hybridized carbons (Fsp3) is 0.650. The number of nitrogens with zero attached hydrogens (tertiary/aromatic N) is 1. The molecule has 1 saturated carbocycles. The number of carbonyl (C=O) groups excluding carboxylic acids is 1. The average Bonchev–Trinajstić information content (AvgIpc) is 2.53. The average molecular weight is 344 g/mol. The number of amides is 2. The lowest BCUT2D eigenvalue weighted by Gasteiger charge is -2.65. The number of benzene rings is 1. The van der Waals surface area contributed by atoms with E-state index in [2.05, 4.69) is 10.2 Å². The van der Waals surface area contributed by atoms with Gasteiger partial charge in [0.05, 0.1) is 6.04 Å². The highest BCUT2D eigenvalue weighted by molar-refractivity contribution is 5.76. The number of nitrogens with one attached hydrogen (secondary N) is 1. The molecular formula is C20H28N2O3. The van der Waals surface area contributed by atoms with Gasteiger partial charge >= 0.3 is 6.03 Å². The molecular weight excluding hydrogens is 316 g/mol. The van der Waals surface area contributed by atoms with E-state index in [0.29, 0.717) is 17.4 Å². The number of ether oxygens (including phenoxy) is 1. The SMILES string of the molecule is C[C@H](NC(=O)N1CC2(CCC2)C1C1CCOCC1)c1cccc(O)c1. The van der Waals surface area contributed by atoms with Crippen LogP contribution in [-0.4, -0.2) is 41.8 Å². The highest BCUT2D eigenvalue weighted by Crippen LogP contribution is 2.56. The van der Waals surface area contributed by atoms with Crippen molar-refractivity contribution in [1.82, 2.24) is 10.2 Å². The fourth-order valence-electron chi connectivity index (χ4n) is 4.96. The van der Waals surface area contributed by atoms with Crippen LogP contribution in [0.4, 0.5) is 4.79 Å². The molecule has 1 aromatic rings. The van der Waals surface area contributed by atoms with Crippen LogP contribution in [0.2, 0.25) is 0 Å². The van der Waals surface area contributed by atoms with Gasteiger partial charge in [0.2, 0.25) is 0 Å². The summed E-state index contributed by atoms with van der Waals surface area (Å²) < 4.78 is 5.52. The van der Waals surface area contributed by atoms with E-state index in [9.17, 15) is 9.90 Å². The molecule has 2 saturated heterocycles. The van der Waals surface area contributed by atoms with E-state index in [1.165, 1.54) is 19.3 Å². The van der Waals surface area contributed by atoms with Gasteiger partial charge in [-0.05, 0) is 56.2 Å². The lowest BCUT2D eigenvalue weighted by molar-refractivity contribution is -0.137. The van der Waals surface area contributed by atoms with Crippen molar-refractivity contribution in [3.8, 4) is 5.75 Å². The molecule has 2 heterocycles. The Bertz CT molecular complexity index is 638. The summed E-state index contributed by atoms with van der Waals surface area (Å²) in [4.78, 5) is 15.0. The Morgan fingerprint density at radius 3 is 2.76 bits per heavy atom. The second kappa shape index (κ2) is 6.52. The van der Waals surface area contributed by atoms with Crippen molar-refractivity contribution in [2.45, 2.75) is 51.1 Å². The Labute approximate surface area is 149 Å². The Kier molecular flexibility index (Phi) is 4.36. The first-order valence-electron chi connectivity index (χ1n) is 9.53. The largest absolute Gasteiger partial charge is 0.508 e. The number of carbonyl (C=O) groups is 1. The number of urea groups is 1. The highest BCUT2D eigenvalue weighted by atomic mass is 16.5. The Morgan fingerprint density at radius 2 is 2.12 bits per heavy atom. The number of likely N-dealkylation sites (tertiary alicyclic amines) is 1. The Hall–Kier alpha value is -1.75. The number of hydrogen-bond donors (Lipinski definition) is 2. The molecule has 0 bridgehead atoms. The van der Waals surface area contributed by atoms with Crippen LogP contribution >= 0.6 is 0 Å². The molecule has 136 valence electrons. The quantitative estimate of drug-likeness (QED) is 0.883. The summed E-state index contributed by atoms with van der Waals surface area (Å²) >= 11 is 0. The zero-order valence-electron chi connectivity index (χ0n) is 14.9. The maximum atomic E-state index is 12.9. The summed E-state index contributed by atoms with van der Waals surface area (Å²) in [5.74, 6) is 0.806. The van der Waals surface area contributed by atoms with Crippen molar-refractivity contribution >= 4 is 6.03 Å². The zero-order chi connectivity index (χ0) is 17.4. The number of aromatic hydroxyl groups is 1. The van der Waals surface area contributed by atoms with E-state index in [-0.39, 0.29) is 17.8 Å². The standard InChI is InChI=1S/C20H28N2O3/c1-14(16-4-2-5-17(23)12-16)21-19(24)22-13-20(8-3-9-20)18(22)15-6-10-25-11-7-15/h2,4-5,12,14-15,18,23H,3,6-11,13H2,1H3,(H,21,24)/t14-,18?/m0/s1. The van der Waals surface area contributed by atoms with Crippen molar-refractivity contribution < 1.29 is 14.6 Å². The molecule has 2 aliphatic heterocycles. The zero-order valence-corrected chi connectivity index (χ0v) is 14.9. The molecule has 4 rings (SSSR count). The third kappa shape index (κ3) is 2.99. The number of rotatable bonds is 3. The minimum Gasteiger partial charge on any atom is -0.508 e. The van der Waals surface area contributed by atoms with Crippen LogP contribution < -0.4 is 5.32 Å². The normalized spacial score (nSPS) is 26.6. The molecule has 3 aliphatic rings. The summed E-state index contributed by atoms with van der Waals surface area (Å²) in [7, 11) is 0. The van der Waals surface area contributed by atoms with Crippen molar-refractivity contribution in [3.05, 3.63) is 29.8 Å². The smallest absolute Gasteiger partial charge is 0.318 e. The molecule has 1 aliphatic carbocycles. The van der Waals surface area contributed by atoms with E-state index < -0.39 is 0 Å². The van der Waals surface area contributed by atoms with Gasteiger partial charge < -0.3 is 20.1 Å². The lowest BCUT2D eigenvalue weighted by Crippen LogP contribution is -2.72. The van der Waals surface area contributed by atoms with Gasteiger partial charge in [-0.15, -0.1) is 0 Å². The second-order valence-electron chi connectivity index (χ2n) is 8.00. The van der Waals surface area contributed by atoms with Gasteiger partial charge in [0.25, 0.3) is 0 Å².